The van der Waals surface area contributed by atoms with Gasteiger partial charge in [0.25, 0.3) is 0 Å². The molecule has 2 aromatic rings. The van der Waals surface area contributed by atoms with Crippen LogP contribution in [0.3, 0.4) is 0 Å². The van der Waals surface area contributed by atoms with Gasteiger partial charge in [-0.15, -0.1) is 0 Å². The summed E-state index contributed by atoms with van der Waals surface area (Å²) in [5, 5.41) is 0. The molecule has 0 atom stereocenters. The van der Waals surface area contributed by atoms with E-state index in [4.69, 9.17) is 0 Å². The molecule has 5 nitrogen and oxygen atoms in total. The van der Waals surface area contributed by atoms with Gasteiger partial charge in [0.15, 0.2) is 0 Å². The van der Waals surface area contributed by atoms with Crippen molar-refractivity contribution in [3.63, 3.8) is 0 Å². The molecule has 0 amide bonds. The van der Waals surface area contributed by atoms with E-state index < -0.39 is 0 Å². The molecule has 0 bridgehead atoms. The average molecular weight is 311 g/mol. The second-order valence-electron chi connectivity index (χ2n) is 6.13. The topological polar surface area (TPSA) is 45.2 Å². The smallest absolute Gasteiger partial charge is 0.225 e. The number of hydrogen-bond acceptors (Lipinski definition) is 5. The molecule has 1 aliphatic heterocycles. The van der Waals surface area contributed by atoms with Crippen molar-refractivity contribution in [3.8, 4) is 11.4 Å². The molecule has 0 saturated carbocycles. The number of likely N-dealkylation sites (N-methyl/N-ethyl adjacent to an activating group) is 1. The molecular weight excluding hydrogens is 286 g/mol. The van der Waals surface area contributed by atoms with E-state index in [1.165, 1.54) is 38.8 Å². The molecule has 0 unspecified atom stereocenters. The molecule has 23 heavy (non-hydrogen) atoms. The van der Waals surface area contributed by atoms with Crippen LogP contribution in [-0.4, -0.2) is 53.1 Å². The third-order valence-electron chi connectivity index (χ3n) is 4.36. The van der Waals surface area contributed by atoms with Crippen molar-refractivity contribution in [2.75, 3.05) is 38.1 Å². The summed E-state index contributed by atoms with van der Waals surface area (Å²) < 4.78 is 0. The second-order valence-corrected chi connectivity index (χ2v) is 6.13. The second kappa shape index (κ2) is 8.02. The first-order valence-electron chi connectivity index (χ1n) is 8.51. The summed E-state index contributed by atoms with van der Waals surface area (Å²) in [6.45, 7) is 4.48. The lowest BCUT2D eigenvalue weighted by Crippen LogP contribution is -2.34. The van der Waals surface area contributed by atoms with Gasteiger partial charge >= 0.3 is 0 Å². The van der Waals surface area contributed by atoms with Crippen molar-refractivity contribution in [3.05, 3.63) is 36.7 Å². The van der Waals surface area contributed by atoms with Crippen LogP contribution in [0.4, 0.5) is 5.95 Å². The standard InChI is InChI=1S/C18H25N5/c1-22(14-15-23-12-6-2-3-7-13-23)18-20-11-9-17(21-18)16-8-4-5-10-19-16/h4-5,8-11H,2-3,6-7,12-15H2,1H3. The van der Waals surface area contributed by atoms with E-state index in [1.54, 1.807) is 6.20 Å². The fourth-order valence-electron chi connectivity index (χ4n) is 2.94. The lowest BCUT2D eigenvalue weighted by Gasteiger charge is -2.24. The van der Waals surface area contributed by atoms with Gasteiger partial charge in [-0.25, -0.2) is 9.97 Å². The van der Waals surface area contributed by atoms with Crippen LogP contribution in [0.5, 0.6) is 0 Å². The van der Waals surface area contributed by atoms with E-state index in [1.807, 2.05) is 30.5 Å². The van der Waals surface area contributed by atoms with Gasteiger partial charge in [0.05, 0.1) is 11.4 Å². The van der Waals surface area contributed by atoms with Gasteiger partial charge in [0.2, 0.25) is 5.95 Å². The lowest BCUT2D eigenvalue weighted by atomic mass is 10.2. The number of likely N-dealkylation sites (tertiary alicyclic amines) is 1. The van der Waals surface area contributed by atoms with Gasteiger partial charge < -0.3 is 9.80 Å². The zero-order valence-electron chi connectivity index (χ0n) is 13.9. The molecule has 1 saturated heterocycles. The predicted molar refractivity (Wildman–Crippen MR) is 93.4 cm³/mol. The number of pyridine rings is 1. The maximum absolute atomic E-state index is 4.66. The highest BCUT2D eigenvalue weighted by Crippen LogP contribution is 2.16. The third-order valence-corrected chi connectivity index (χ3v) is 4.36. The Bertz CT molecular complexity index is 593. The SMILES string of the molecule is CN(CCN1CCCCCC1)c1nccc(-c2ccccn2)n1. The number of nitrogens with zero attached hydrogens (tertiary/aromatic N) is 5. The van der Waals surface area contributed by atoms with Crippen LogP contribution < -0.4 is 4.90 Å². The molecule has 2 aromatic heterocycles. The van der Waals surface area contributed by atoms with Gasteiger partial charge in [-0.05, 0) is 44.1 Å². The zero-order chi connectivity index (χ0) is 15.9. The van der Waals surface area contributed by atoms with Gasteiger partial charge in [0, 0.05) is 32.5 Å². The first-order valence-corrected chi connectivity index (χ1v) is 8.51. The Morgan fingerprint density at radius 3 is 2.52 bits per heavy atom. The molecule has 3 heterocycles. The van der Waals surface area contributed by atoms with Crippen molar-refractivity contribution in [2.24, 2.45) is 0 Å². The van der Waals surface area contributed by atoms with Crippen LogP contribution in [0.2, 0.25) is 0 Å². The van der Waals surface area contributed by atoms with Crippen molar-refractivity contribution in [1.82, 2.24) is 19.9 Å². The molecule has 0 spiro atoms. The first-order chi connectivity index (χ1) is 11.3. The van der Waals surface area contributed by atoms with Crippen LogP contribution in [0.25, 0.3) is 11.4 Å². The molecule has 0 radical (unpaired) electrons. The summed E-state index contributed by atoms with van der Waals surface area (Å²) >= 11 is 0. The summed E-state index contributed by atoms with van der Waals surface area (Å²) in [6, 6.07) is 7.78. The highest BCUT2D eigenvalue weighted by Gasteiger charge is 2.12. The Labute approximate surface area is 138 Å². The molecule has 1 fully saturated rings. The highest BCUT2D eigenvalue weighted by atomic mass is 15.3. The minimum absolute atomic E-state index is 0.767. The Hall–Kier alpha value is -2.01. The average Bonchev–Trinajstić information content (AvgIpc) is 2.89. The monoisotopic (exact) mass is 311 g/mol. The van der Waals surface area contributed by atoms with Gasteiger partial charge in [0.1, 0.15) is 0 Å². The van der Waals surface area contributed by atoms with Crippen LogP contribution in [0, 0.1) is 0 Å². The van der Waals surface area contributed by atoms with Crippen LogP contribution in [-0.2, 0) is 0 Å². The maximum Gasteiger partial charge on any atom is 0.225 e. The minimum Gasteiger partial charge on any atom is -0.343 e. The Morgan fingerprint density at radius 1 is 0.957 bits per heavy atom. The van der Waals surface area contributed by atoms with Crippen LogP contribution in [0.15, 0.2) is 36.7 Å². The number of aromatic nitrogens is 3. The summed E-state index contributed by atoms with van der Waals surface area (Å²) in [6.07, 6.45) is 9.02. The summed E-state index contributed by atoms with van der Waals surface area (Å²) in [4.78, 5) is 18.1. The van der Waals surface area contributed by atoms with E-state index in [2.05, 4.69) is 31.8 Å². The Kier molecular flexibility index (Phi) is 5.53. The van der Waals surface area contributed by atoms with Crippen molar-refractivity contribution >= 4 is 5.95 Å². The van der Waals surface area contributed by atoms with E-state index >= 15 is 0 Å². The minimum atomic E-state index is 0.767. The molecule has 0 aromatic carbocycles. The van der Waals surface area contributed by atoms with Crippen molar-refractivity contribution < 1.29 is 0 Å². The van der Waals surface area contributed by atoms with Gasteiger partial charge in [-0.2, -0.15) is 0 Å². The normalized spacial score (nSPS) is 16.0. The third kappa shape index (κ3) is 4.48. The molecular formula is C18H25N5. The lowest BCUT2D eigenvalue weighted by molar-refractivity contribution is 0.291. The van der Waals surface area contributed by atoms with Gasteiger partial charge in [-0.3, -0.25) is 4.98 Å². The van der Waals surface area contributed by atoms with E-state index in [-0.39, 0.29) is 0 Å². The maximum atomic E-state index is 4.66. The number of rotatable bonds is 5. The van der Waals surface area contributed by atoms with E-state index in [0.29, 0.717) is 0 Å². The van der Waals surface area contributed by atoms with Crippen LogP contribution in [0.1, 0.15) is 25.7 Å². The quantitative estimate of drug-likeness (QED) is 0.849. The molecule has 5 heteroatoms. The Morgan fingerprint density at radius 2 is 1.78 bits per heavy atom. The molecule has 1 aliphatic rings. The fraction of sp³-hybridized carbons (Fsp3) is 0.500. The zero-order valence-corrected chi connectivity index (χ0v) is 13.9. The largest absolute Gasteiger partial charge is 0.343 e. The summed E-state index contributed by atoms with van der Waals surface area (Å²) in [5.74, 6) is 0.767. The number of hydrogen-bond donors (Lipinski definition) is 0. The Balaban J connectivity index is 1.62. The molecule has 3 rings (SSSR count). The van der Waals surface area contributed by atoms with Gasteiger partial charge in [-0.1, -0.05) is 18.9 Å². The molecule has 122 valence electrons. The first kappa shape index (κ1) is 15.9. The number of anilines is 1. The van der Waals surface area contributed by atoms with Crippen LogP contribution >= 0.6 is 0 Å². The van der Waals surface area contributed by atoms with Crippen molar-refractivity contribution in [2.45, 2.75) is 25.7 Å². The highest BCUT2D eigenvalue weighted by molar-refractivity contribution is 5.55. The summed E-state index contributed by atoms with van der Waals surface area (Å²) in [5.41, 5.74) is 1.76. The fourth-order valence-corrected chi connectivity index (χ4v) is 2.94. The van der Waals surface area contributed by atoms with E-state index in [0.717, 1.165) is 30.4 Å². The summed E-state index contributed by atoms with van der Waals surface area (Å²) in [7, 11) is 2.06. The predicted octanol–water partition coefficient (Wildman–Crippen LogP) is 2.85. The van der Waals surface area contributed by atoms with E-state index in [9.17, 15) is 0 Å². The van der Waals surface area contributed by atoms with Crippen molar-refractivity contribution in [1.29, 1.82) is 0 Å². The molecule has 0 aliphatic carbocycles. The molecule has 0 N–H and O–H groups in total.